The minimum absolute atomic E-state index is 0.274. The summed E-state index contributed by atoms with van der Waals surface area (Å²) >= 11 is 0. The van der Waals surface area contributed by atoms with Gasteiger partial charge in [-0.25, -0.2) is 4.79 Å². The summed E-state index contributed by atoms with van der Waals surface area (Å²) in [6, 6.07) is 5.42. The molecule has 1 N–H and O–H groups in total. The van der Waals surface area contributed by atoms with Crippen molar-refractivity contribution >= 4 is 5.97 Å². The van der Waals surface area contributed by atoms with Crippen LogP contribution in [0, 0.1) is 0 Å². The van der Waals surface area contributed by atoms with Crippen LogP contribution in [-0.2, 0) is 0 Å². The molecular weight excluding hydrogens is 216 g/mol. The Kier molecular flexibility index (Phi) is 3.67. The lowest BCUT2D eigenvalue weighted by Gasteiger charge is -2.24. The molecule has 0 saturated heterocycles. The number of rotatable bonds is 3. The number of carbonyl (C=O) groups is 1. The second-order valence-electron chi connectivity index (χ2n) is 4.57. The highest BCUT2D eigenvalue weighted by Crippen LogP contribution is 2.38. The van der Waals surface area contributed by atoms with Gasteiger partial charge in [0.05, 0.1) is 7.11 Å². The first-order valence-electron chi connectivity index (χ1n) is 6.14. The number of methoxy groups -OCH3 is 1. The van der Waals surface area contributed by atoms with Crippen LogP contribution in [0.4, 0.5) is 0 Å². The molecule has 0 aromatic heterocycles. The number of aromatic carboxylic acids is 1. The van der Waals surface area contributed by atoms with Crippen molar-refractivity contribution in [1.82, 2.24) is 0 Å². The molecule has 3 heteroatoms. The second kappa shape index (κ2) is 5.21. The summed E-state index contributed by atoms with van der Waals surface area (Å²) < 4.78 is 5.31. The molecule has 0 aliphatic heterocycles. The lowest BCUT2D eigenvalue weighted by Crippen LogP contribution is -2.09. The van der Waals surface area contributed by atoms with E-state index in [1.54, 1.807) is 13.2 Å². The van der Waals surface area contributed by atoms with Gasteiger partial charge in [0.1, 0.15) is 11.3 Å². The van der Waals surface area contributed by atoms with Gasteiger partial charge in [0.25, 0.3) is 0 Å². The number of ether oxygens (including phenoxy) is 1. The van der Waals surface area contributed by atoms with Crippen molar-refractivity contribution in [2.24, 2.45) is 0 Å². The second-order valence-corrected chi connectivity index (χ2v) is 4.57. The van der Waals surface area contributed by atoms with Gasteiger partial charge < -0.3 is 9.84 Å². The third kappa shape index (κ3) is 2.43. The van der Waals surface area contributed by atoms with E-state index in [1.807, 2.05) is 12.1 Å². The lowest BCUT2D eigenvalue weighted by molar-refractivity contribution is 0.0693. The largest absolute Gasteiger partial charge is 0.496 e. The van der Waals surface area contributed by atoms with Gasteiger partial charge in [-0.1, -0.05) is 31.4 Å². The highest BCUT2D eigenvalue weighted by atomic mass is 16.5. The number of benzene rings is 1. The summed E-state index contributed by atoms with van der Waals surface area (Å²) in [7, 11) is 1.55. The maximum Gasteiger partial charge on any atom is 0.339 e. The molecule has 1 aliphatic carbocycles. The van der Waals surface area contributed by atoms with Crippen LogP contribution in [-0.4, -0.2) is 18.2 Å². The van der Waals surface area contributed by atoms with Gasteiger partial charge >= 0.3 is 5.97 Å². The third-order valence-electron chi connectivity index (χ3n) is 3.53. The van der Waals surface area contributed by atoms with Crippen molar-refractivity contribution in [3.63, 3.8) is 0 Å². The number of hydrogen-bond donors (Lipinski definition) is 1. The Morgan fingerprint density at radius 2 is 2.00 bits per heavy atom. The Bertz CT molecular complexity index is 406. The molecule has 1 saturated carbocycles. The summed E-state index contributed by atoms with van der Waals surface area (Å²) in [6.45, 7) is 0. The Hall–Kier alpha value is -1.51. The van der Waals surface area contributed by atoms with Crippen LogP contribution in [0.25, 0.3) is 0 Å². The fourth-order valence-electron chi connectivity index (χ4n) is 2.69. The Morgan fingerprint density at radius 3 is 2.59 bits per heavy atom. The molecule has 0 heterocycles. The van der Waals surface area contributed by atoms with Crippen molar-refractivity contribution < 1.29 is 14.6 Å². The summed E-state index contributed by atoms with van der Waals surface area (Å²) in [5.74, 6) is 0.0874. The smallest absolute Gasteiger partial charge is 0.339 e. The van der Waals surface area contributed by atoms with Gasteiger partial charge in [-0.05, 0) is 30.4 Å². The van der Waals surface area contributed by atoms with E-state index < -0.39 is 5.97 Å². The van der Waals surface area contributed by atoms with Gasteiger partial charge in [-0.15, -0.1) is 0 Å². The number of carboxylic acid groups (broad SMARTS) is 1. The molecule has 0 bridgehead atoms. The summed E-state index contributed by atoms with van der Waals surface area (Å²) in [6.07, 6.45) is 6.02. The Morgan fingerprint density at radius 1 is 1.29 bits per heavy atom. The van der Waals surface area contributed by atoms with E-state index in [0.717, 1.165) is 18.4 Å². The van der Waals surface area contributed by atoms with Crippen LogP contribution in [0.1, 0.15) is 53.9 Å². The molecule has 3 nitrogen and oxygen atoms in total. The van der Waals surface area contributed by atoms with E-state index in [0.29, 0.717) is 11.7 Å². The molecule has 0 unspecified atom stereocenters. The van der Waals surface area contributed by atoms with E-state index >= 15 is 0 Å². The Labute approximate surface area is 101 Å². The molecule has 92 valence electrons. The van der Waals surface area contributed by atoms with Crippen molar-refractivity contribution in [2.75, 3.05) is 7.11 Å². The van der Waals surface area contributed by atoms with E-state index in [-0.39, 0.29) is 5.56 Å². The van der Waals surface area contributed by atoms with Crippen molar-refractivity contribution in [3.8, 4) is 5.75 Å². The monoisotopic (exact) mass is 234 g/mol. The zero-order chi connectivity index (χ0) is 12.3. The van der Waals surface area contributed by atoms with Crippen molar-refractivity contribution in [3.05, 3.63) is 29.3 Å². The van der Waals surface area contributed by atoms with E-state index in [4.69, 9.17) is 9.84 Å². The summed E-state index contributed by atoms with van der Waals surface area (Å²) in [5, 5.41) is 9.14. The molecule has 0 spiro atoms. The van der Waals surface area contributed by atoms with Gasteiger partial charge in [-0.3, -0.25) is 0 Å². The zero-order valence-electron chi connectivity index (χ0n) is 10.1. The van der Waals surface area contributed by atoms with Crippen LogP contribution in [0.5, 0.6) is 5.75 Å². The maximum absolute atomic E-state index is 11.1. The predicted molar refractivity (Wildman–Crippen MR) is 65.8 cm³/mol. The zero-order valence-corrected chi connectivity index (χ0v) is 10.1. The van der Waals surface area contributed by atoms with Gasteiger partial charge in [0, 0.05) is 0 Å². The van der Waals surface area contributed by atoms with E-state index in [9.17, 15) is 4.79 Å². The summed E-state index contributed by atoms with van der Waals surface area (Å²) in [5.41, 5.74) is 1.34. The number of hydrogen-bond acceptors (Lipinski definition) is 2. The van der Waals surface area contributed by atoms with Crippen LogP contribution in [0.3, 0.4) is 0 Å². The third-order valence-corrected chi connectivity index (χ3v) is 3.53. The molecule has 0 radical (unpaired) electrons. The van der Waals surface area contributed by atoms with Crippen LogP contribution in [0.15, 0.2) is 18.2 Å². The van der Waals surface area contributed by atoms with Crippen LogP contribution >= 0.6 is 0 Å². The van der Waals surface area contributed by atoms with Crippen LogP contribution in [0.2, 0.25) is 0 Å². The van der Waals surface area contributed by atoms with Gasteiger partial charge in [0.15, 0.2) is 0 Å². The first kappa shape index (κ1) is 12.0. The molecule has 17 heavy (non-hydrogen) atoms. The highest BCUT2D eigenvalue weighted by molar-refractivity contribution is 5.91. The molecular formula is C14H18O3. The fourth-order valence-corrected chi connectivity index (χ4v) is 2.69. The molecule has 1 aliphatic rings. The van der Waals surface area contributed by atoms with Crippen molar-refractivity contribution in [2.45, 2.75) is 38.0 Å². The van der Waals surface area contributed by atoms with Crippen molar-refractivity contribution in [1.29, 1.82) is 0 Å². The first-order chi connectivity index (χ1) is 8.24. The lowest BCUT2D eigenvalue weighted by atomic mass is 9.83. The van der Waals surface area contributed by atoms with E-state index in [2.05, 4.69) is 0 Å². The molecule has 1 aromatic carbocycles. The topological polar surface area (TPSA) is 46.5 Å². The fraction of sp³-hybridized carbons (Fsp3) is 0.500. The average molecular weight is 234 g/mol. The number of carboxylic acids is 1. The van der Waals surface area contributed by atoms with Gasteiger partial charge in [-0.2, -0.15) is 0 Å². The molecule has 0 atom stereocenters. The highest BCUT2D eigenvalue weighted by Gasteiger charge is 2.22. The normalized spacial score (nSPS) is 16.8. The predicted octanol–water partition coefficient (Wildman–Crippen LogP) is 3.44. The molecule has 0 amide bonds. The quantitative estimate of drug-likeness (QED) is 0.871. The SMILES string of the molecule is COc1c(C(=O)O)cccc1C1CCCCC1. The maximum atomic E-state index is 11.1. The minimum atomic E-state index is -0.917. The average Bonchev–Trinajstić information content (AvgIpc) is 2.38. The van der Waals surface area contributed by atoms with Crippen LogP contribution < -0.4 is 4.74 Å². The Balaban J connectivity index is 2.38. The standard InChI is InChI=1S/C14H18O3/c1-17-13-11(10-6-3-2-4-7-10)8-5-9-12(13)14(15)16/h5,8-10H,2-4,6-7H2,1H3,(H,15,16). The summed E-state index contributed by atoms with van der Waals surface area (Å²) in [4.78, 5) is 11.1. The minimum Gasteiger partial charge on any atom is -0.496 e. The molecule has 1 fully saturated rings. The number of para-hydroxylation sites is 1. The molecule has 2 rings (SSSR count). The van der Waals surface area contributed by atoms with Gasteiger partial charge in [0.2, 0.25) is 0 Å². The molecule has 1 aromatic rings. The van der Waals surface area contributed by atoms with E-state index in [1.165, 1.54) is 19.3 Å². The first-order valence-corrected chi connectivity index (χ1v) is 6.14.